The largest absolute Gasteiger partial charge is 0.478 e. The summed E-state index contributed by atoms with van der Waals surface area (Å²) in [5, 5.41) is 13.8. The molecule has 1 aromatic carbocycles. The number of carbonyl (C=O) groups is 2. The third kappa shape index (κ3) is 3.87. The van der Waals surface area contributed by atoms with Crippen molar-refractivity contribution in [3.05, 3.63) is 29.8 Å². The second-order valence-electron chi connectivity index (χ2n) is 3.37. The summed E-state index contributed by atoms with van der Waals surface area (Å²) in [7, 11) is 0. The molecule has 0 aromatic heterocycles. The first kappa shape index (κ1) is 12.6. The minimum Gasteiger partial charge on any atom is -0.478 e. The molecule has 0 aliphatic heterocycles. The number of nitrogens with one attached hydrogen (secondary N) is 2. The Morgan fingerprint density at radius 3 is 2.76 bits per heavy atom. The molecule has 2 amide bonds. The molecule has 1 aromatic rings. The Morgan fingerprint density at radius 2 is 2.18 bits per heavy atom. The SMILES string of the molecule is C#CC(C)NC(=O)Nc1cccc(C(=O)O)c1. The number of anilines is 1. The number of hydrogen-bond donors (Lipinski definition) is 3. The molecular formula is C12H12N2O3. The number of hydrogen-bond acceptors (Lipinski definition) is 2. The van der Waals surface area contributed by atoms with Crippen LogP contribution >= 0.6 is 0 Å². The summed E-state index contributed by atoms with van der Waals surface area (Å²) >= 11 is 0. The highest BCUT2D eigenvalue weighted by Crippen LogP contribution is 2.10. The molecule has 0 aliphatic carbocycles. The van der Waals surface area contributed by atoms with Crippen LogP contribution in [0.5, 0.6) is 0 Å². The highest BCUT2D eigenvalue weighted by Gasteiger charge is 2.07. The summed E-state index contributed by atoms with van der Waals surface area (Å²) in [4.78, 5) is 22.1. The second-order valence-corrected chi connectivity index (χ2v) is 3.37. The highest BCUT2D eigenvalue weighted by molar-refractivity contribution is 5.93. The number of terminal acetylenes is 1. The maximum atomic E-state index is 11.4. The summed E-state index contributed by atoms with van der Waals surface area (Å²) in [6.07, 6.45) is 5.11. The van der Waals surface area contributed by atoms with Crippen LogP contribution in [0, 0.1) is 12.3 Å². The van der Waals surface area contributed by atoms with Gasteiger partial charge in [-0.3, -0.25) is 0 Å². The first-order valence-electron chi connectivity index (χ1n) is 4.90. The third-order valence-electron chi connectivity index (χ3n) is 1.96. The van der Waals surface area contributed by atoms with Gasteiger partial charge in [-0.25, -0.2) is 9.59 Å². The molecule has 1 atom stereocenters. The fourth-order valence-corrected chi connectivity index (χ4v) is 1.14. The van der Waals surface area contributed by atoms with E-state index in [2.05, 4.69) is 16.6 Å². The molecule has 1 unspecified atom stereocenters. The second kappa shape index (κ2) is 5.56. The number of rotatable bonds is 3. The normalized spacial score (nSPS) is 11.1. The Morgan fingerprint density at radius 1 is 1.47 bits per heavy atom. The van der Waals surface area contributed by atoms with Crippen molar-refractivity contribution < 1.29 is 14.7 Å². The third-order valence-corrected chi connectivity index (χ3v) is 1.96. The first-order valence-corrected chi connectivity index (χ1v) is 4.90. The highest BCUT2D eigenvalue weighted by atomic mass is 16.4. The van der Waals surface area contributed by atoms with Crippen molar-refractivity contribution in [3.8, 4) is 12.3 Å². The zero-order valence-electron chi connectivity index (χ0n) is 9.23. The molecule has 0 saturated heterocycles. The van der Waals surface area contributed by atoms with Crippen molar-refractivity contribution in [1.82, 2.24) is 5.32 Å². The minimum atomic E-state index is -1.05. The number of benzene rings is 1. The van der Waals surface area contributed by atoms with Crippen LogP contribution in [-0.2, 0) is 0 Å². The number of carboxylic acid groups (broad SMARTS) is 1. The van der Waals surface area contributed by atoms with E-state index in [1.165, 1.54) is 12.1 Å². The molecule has 5 nitrogen and oxygen atoms in total. The first-order chi connectivity index (χ1) is 8.02. The van der Waals surface area contributed by atoms with E-state index in [0.717, 1.165) is 0 Å². The van der Waals surface area contributed by atoms with Gasteiger partial charge in [0, 0.05) is 5.69 Å². The van der Waals surface area contributed by atoms with Gasteiger partial charge in [0.05, 0.1) is 11.6 Å². The van der Waals surface area contributed by atoms with Gasteiger partial charge >= 0.3 is 12.0 Å². The zero-order chi connectivity index (χ0) is 12.8. The van der Waals surface area contributed by atoms with E-state index in [1.54, 1.807) is 19.1 Å². The molecule has 0 bridgehead atoms. The lowest BCUT2D eigenvalue weighted by Crippen LogP contribution is -2.35. The molecule has 0 heterocycles. The minimum absolute atomic E-state index is 0.104. The smallest absolute Gasteiger partial charge is 0.335 e. The van der Waals surface area contributed by atoms with Crippen molar-refractivity contribution in [2.45, 2.75) is 13.0 Å². The van der Waals surface area contributed by atoms with Crippen LogP contribution in [0.15, 0.2) is 24.3 Å². The van der Waals surface area contributed by atoms with Crippen molar-refractivity contribution >= 4 is 17.7 Å². The lowest BCUT2D eigenvalue weighted by Gasteiger charge is -2.09. The van der Waals surface area contributed by atoms with Crippen LogP contribution < -0.4 is 10.6 Å². The van der Waals surface area contributed by atoms with Crippen molar-refractivity contribution in [1.29, 1.82) is 0 Å². The molecule has 3 N–H and O–H groups in total. The van der Waals surface area contributed by atoms with Crippen molar-refractivity contribution in [3.63, 3.8) is 0 Å². The molecule has 88 valence electrons. The Hall–Kier alpha value is -2.48. The van der Waals surface area contributed by atoms with Gasteiger partial charge in [0.15, 0.2) is 0 Å². The van der Waals surface area contributed by atoms with Gasteiger partial charge < -0.3 is 15.7 Å². The van der Waals surface area contributed by atoms with Crippen LogP contribution in [0.4, 0.5) is 10.5 Å². The molecule has 0 radical (unpaired) electrons. The molecule has 0 aliphatic rings. The van der Waals surface area contributed by atoms with E-state index >= 15 is 0 Å². The molecule has 0 saturated carbocycles. The van der Waals surface area contributed by atoms with Crippen molar-refractivity contribution in [2.75, 3.05) is 5.32 Å². The van der Waals surface area contributed by atoms with Gasteiger partial charge in [0.1, 0.15) is 0 Å². The topological polar surface area (TPSA) is 78.4 Å². The lowest BCUT2D eigenvalue weighted by molar-refractivity contribution is 0.0697. The average molecular weight is 232 g/mol. The van der Waals surface area contributed by atoms with E-state index in [9.17, 15) is 9.59 Å². The van der Waals surface area contributed by atoms with Crippen LogP contribution in [0.3, 0.4) is 0 Å². The van der Waals surface area contributed by atoms with Gasteiger partial charge in [-0.05, 0) is 25.1 Å². The Labute approximate surface area is 98.8 Å². The van der Waals surface area contributed by atoms with Gasteiger partial charge in [0.25, 0.3) is 0 Å². The quantitative estimate of drug-likeness (QED) is 0.691. The van der Waals surface area contributed by atoms with Gasteiger partial charge in [-0.2, -0.15) is 0 Å². The number of aromatic carboxylic acids is 1. The zero-order valence-corrected chi connectivity index (χ0v) is 9.23. The van der Waals surface area contributed by atoms with Crippen LogP contribution in [0.2, 0.25) is 0 Å². The van der Waals surface area contributed by atoms with Crippen molar-refractivity contribution in [2.24, 2.45) is 0 Å². The molecular weight excluding hydrogens is 220 g/mol. The standard InChI is InChI=1S/C12H12N2O3/c1-3-8(2)13-12(17)14-10-6-4-5-9(7-10)11(15)16/h1,4-8H,2H3,(H,15,16)(H2,13,14,17). The number of carbonyl (C=O) groups excluding carboxylic acids is 1. The average Bonchev–Trinajstić information content (AvgIpc) is 2.28. The van der Waals surface area contributed by atoms with Gasteiger partial charge in [-0.1, -0.05) is 12.0 Å². The maximum absolute atomic E-state index is 11.4. The van der Waals surface area contributed by atoms with Crippen LogP contribution in [0.25, 0.3) is 0 Å². The number of urea groups is 1. The summed E-state index contributed by atoms with van der Waals surface area (Å²) < 4.78 is 0. The Balaban J connectivity index is 2.69. The summed E-state index contributed by atoms with van der Waals surface area (Å²) in [5.74, 6) is 1.30. The van der Waals surface area contributed by atoms with E-state index in [-0.39, 0.29) is 5.56 Å². The molecule has 1 rings (SSSR count). The Bertz CT molecular complexity index is 477. The molecule has 5 heteroatoms. The predicted molar refractivity (Wildman–Crippen MR) is 63.9 cm³/mol. The molecule has 0 fully saturated rings. The van der Waals surface area contributed by atoms with E-state index in [0.29, 0.717) is 5.69 Å². The molecule has 17 heavy (non-hydrogen) atoms. The Kier molecular flexibility index (Phi) is 4.12. The van der Waals surface area contributed by atoms with Gasteiger partial charge in [0.2, 0.25) is 0 Å². The summed E-state index contributed by atoms with van der Waals surface area (Å²) in [5.41, 5.74) is 0.499. The summed E-state index contributed by atoms with van der Waals surface area (Å²) in [6.45, 7) is 1.66. The maximum Gasteiger partial charge on any atom is 0.335 e. The van der Waals surface area contributed by atoms with E-state index in [4.69, 9.17) is 11.5 Å². The van der Waals surface area contributed by atoms with E-state index in [1.807, 2.05) is 0 Å². The fraction of sp³-hybridized carbons (Fsp3) is 0.167. The van der Waals surface area contributed by atoms with E-state index < -0.39 is 18.0 Å². The fourth-order valence-electron chi connectivity index (χ4n) is 1.14. The molecule has 0 spiro atoms. The van der Waals surface area contributed by atoms with Gasteiger partial charge in [-0.15, -0.1) is 6.42 Å². The summed E-state index contributed by atoms with van der Waals surface area (Å²) in [6, 6.07) is 5.07. The van der Waals surface area contributed by atoms with Crippen LogP contribution in [-0.4, -0.2) is 23.1 Å². The number of carboxylic acids is 1. The number of amides is 2. The lowest BCUT2D eigenvalue weighted by atomic mass is 10.2. The predicted octanol–water partition coefficient (Wildman–Crippen LogP) is 1.53. The van der Waals surface area contributed by atoms with Crippen LogP contribution in [0.1, 0.15) is 17.3 Å². The monoisotopic (exact) mass is 232 g/mol.